The van der Waals surface area contributed by atoms with Crippen LogP contribution < -0.4 is 5.84 Å². The highest BCUT2D eigenvalue weighted by molar-refractivity contribution is 5.17. The zero-order chi connectivity index (χ0) is 8.10. The number of hydrogen-bond donors (Lipinski definition) is 1. The lowest BCUT2D eigenvalue weighted by atomic mass is 10.1. The van der Waals surface area contributed by atoms with E-state index in [4.69, 9.17) is 5.84 Å². The van der Waals surface area contributed by atoms with E-state index >= 15 is 0 Å². The third kappa shape index (κ3) is 2.04. The van der Waals surface area contributed by atoms with Crippen molar-refractivity contribution < 1.29 is 0 Å². The molecular formula is C8H11N3. The van der Waals surface area contributed by atoms with Crippen molar-refractivity contribution in [3.63, 3.8) is 0 Å². The molecule has 1 aromatic carbocycles. The highest BCUT2D eigenvalue weighted by atomic mass is 15.3. The molecule has 0 bridgehead atoms. The van der Waals surface area contributed by atoms with Crippen LogP contribution in [0, 0.1) is 0 Å². The van der Waals surface area contributed by atoms with Gasteiger partial charge in [-0.05, 0) is 12.5 Å². The molecule has 2 N–H and O–H groups in total. The van der Waals surface area contributed by atoms with Crippen LogP contribution in [0.25, 0.3) is 0 Å². The van der Waals surface area contributed by atoms with Crippen molar-refractivity contribution in [2.24, 2.45) is 16.2 Å². The Balaban J connectivity index is 2.76. The van der Waals surface area contributed by atoms with Crippen LogP contribution >= 0.6 is 0 Å². The van der Waals surface area contributed by atoms with Gasteiger partial charge in [-0.15, -0.1) is 0 Å². The molecule has 1 rings (SSSR count). The lowest BCUT2D eigenvalue weighted by molar-refractivity contribution is 0.736. The van der Waals surface area contributed by atoms with Gasteiger partial charge in [-0.2, -0.15) is 5.11 Å². The van der Waals surface area contributed by atoms with E-state index in [0.717, 1.165) is 5.56 Å². The summed E-state index contributed by atoms with van der Waals surface area (Å²) in [6, 6.07) is 9.96. The Morgan fingerprint density at radius 3 is 2.45 bits per heavy atom. The number of rotatable bonds is 2. The lowest BCUT2D eigenvalue weighted by Crippen LogP contribution is -1.88. The zero-order valence-corrected chi connectivity index (χ0v) is 6.44. The maximum atomic E-state index is 4.93. The first-order chi connectivity index (χ1) is 5.34. The van der Waals surface area contributed by atoms with Crippen LogP contribution in [-0.2, 0) is 0 Å². The summed E-state index contributed by atoms with van der Waals surface area (Å²) in [5, 5.41) is 7.03. The average molecular weight is 149 g/mol. The molecular weight excluding hydrogens is 138 g/mol. The van der Waals surface area contributed by atoms with E-state index < -0.39 is 0 Å². The van der Waals surface area contributed by atoms with Gasteiger partial charge in [0.05, 0.1) is 6.04 Å². The van der Waals surface area contributed by atoms with Crippen molar-refractivity contribution in [2.45, 2.75) is 13.0 Å². The number of nitrogens with zero attached hydrogens (tertiary/aromatic N) is 2. The fourth-order valence-corrected chi connectivity index (χ4v) is 0.898. The second-order valence-corrected chi connectivity index (χ2v) is 2.32. The second-order valence-electron chi connectivity index (χ2n) is 2.32. The van der Waals surface area contributed by atoms with Crippen LogP contribution in [0.15, 0.2) is 40.7 Å². The summed E-state index contributed by atoms with van der Waals surface area (Å²) in [6.07, 6.45) is 0. The van der Waals surface area contributed by atoms with Crippen LogP contribution in [0.5, 0.6) is 0 Å². The minimum absolute atomic E-state index is 0.0567. The zero-order valence-electron chi connectivity index (χ0n) is 6.44. The molecule has 58 valence electrons. The van der Waals surface area contributed by atoms with Crippen molar-refractivity contribution in [1.82, 2.24) is 0 Å². The van der Waals surface area contributed by atoms with E-state index in [1.807, 2.05) is 37.3 Å². The molecule has 0 radical (unpaired) electrons. The molecule has 0 amide bonds. The van der Waals surface area contributed by atoms with Crippen molar-refractivity contribution in [3.8, 4) is 0 Å². The number of hydrogen-bond acceptors (Lipinski definition) is 2. The van der Waals surface area contributed by atoms with Gasteiger partial charge in [-0.25, -0.2) is 0 Å². The fraction of sp³-hybridized carbons (Fsp3) is 0.250. The second kappa shape index (κ2) is 3.71. The maximum absolute atomic E-state index is 4.93. The Labute approximate surface area is 65.9 Å². The number of nitrogens with two attached hydrogens (primary N) is 1. The van der Waals surface area contributed by atoms with Crippen molar-refractivity contribution in [1.29, 1.82) is 0 Å². The molecule has 0 saturated carbocycles. The monoisotopic (exact) mass is 149 g/mol. The van der Waals surface area contributed by atoms with Crippen LogP contribution in [0.4, 0.5) is 0 Å². The van der Waals surface area contributed by atoms with Crippen LogP contribution in [0.2, 0.25) is 0 Å². The van der Waals surface area contributed by atoms with Crippen molar-refractivity contribution >= 4 is 0 Å². The summed E-state index contributed by atoms with van der Waals surface area (Å²) in [7, 11) is 0. The third-order valence-electron chi connectivity index (χ3n) is 1.52. The highest BCUT2D eigenvalue weighted by Gasteiger charge is 1.99. The van der Waals surface area contributed by atoms with Gasteiger partial charge in [0.25, 0.3) is 0 Å². The molecule has 0 aromatic heterocycles. The van der Waals surface area contributed by atoms with E-state index in [0.29, 0.717) is 0 Å². The van der Waals surface area contributed by atoms with Crippen LogP contribution in [0.1, 0.15) is 18.5 Å². The molecule has 1 unspecified atom stereocenters. The molecule has 0 fully saturated rings. The van der Waals surface area contributed by atoms with Gasteiger partial charge in [0, 0.05) is 0 Å². The molecule has 1 aromatic rings. The largest absolute Gasteiger partial charge is 0.305 e. The Morgan fingerprint density at radius 2 is 1.91 bits per heavy atom. The summed E-state index contributed by atoms with van der Waals surface area (Å²) >= 11 is 0. The van der Waals surface area contributed by atoms with Gasteiger partial charge in [-0.3, -0.25) is 0 Å². The third-order valence-corrected chi connectivity index (χ3v) is 1.52. The summed E-state index contributed by atoms with van der Waals surface area (Å²) in [5.74, 6) is 4.93. The molecule has 1 atom stereocenters. The summed E-state index contributed by atoms with van der Waals surface area (Å²) in [6.45, 7) is 1.95. The maximum Gasteiger partial charge on any atom is 0.0950 e. The van der Waals surface area contributed by atoms with E-state index in [2.05, 4.69) is 10.3 Å². The molecule has 11 heavy (non-hydrogen) atoms. The topological polar surface area (TPSA) is 50.7 Å². The molecule has 3 heteroatoms. The van der Waals surface area contributed by atoms with Gasteiger partial charge in [0.2, 0.25) is 0 Å². The molecule has 0 saturated heterocycles. The molecule has 0 heterocycles. The smallest absolute Gasteiger partial charge is 0.0950 e. The predicted octanol–water partition coefficient (Wildman–Crippen LogP) is 2.07. The Kier molecular flexibility index (Phi) is 2.60. The predicted molar refractivity (Wildman–Crippen MR) is 43.9 cm³/mol. The minimum Gasteiger partial charge on any atom is -0.305 e. The first-order valence-corrected chi connectivity index (χ1v) is 3.49. The van der Waals surface area contributed by atoms with E-state index in [-0.39, 0.29) is 6.04 Å². The highest BCUT2D eigenvalue weighted by Crippen LogP contribution is 2.14. The first kappa shape index (κ1) is 7.72. The molecule has 3 nitrogen and oxygen atoms in total. The Morgan fingerprint density at radius 1 is 1.27 bits per heavy atom. The Hall–Kier alpha value is -1.38. The van der Waals surface area contributed by atoms with Gasteiger partial charge in [0.1, 0.15) is 0 Å². The van der Waals surface area contributed by atoms with Gasteiger partial charge in [0.15, 0.2) is 0 Å². The van der Waals surface area contributed by atoms with Crippen LogP contribution in [0.3, 0.4) is 0 Å². The van der Waals surface area contributed by atoms with Gasteiger partial charge < -0.3 is 5.84 Å². The van der Waals surface area contributed by atoms with E-state index in [1.165, 1.54) is 0 Å². The summed E-state index contributed by atoms with van der Waals surface area (Å²) in [4.78, 5) is 0. The van der Waals surface area contributed by atoms with E-state index in [1.54, 1.807) is 0 Å². The molecule has 0 aliphatic carbocycles. The minimum atomic E-state index is 0.0567. The van der Waals surface area contributed by atoms with Crippen molar-refractivity contribution in [2.75, 3.05) is 0 Å². The lowest BCUT2D eigenvalue weighted by Gasteiger charge is -2.02. The molecule has 0 aliphatic heterocycles. The quantitative estimate of drug-likeness (QED) is 0.390. The fourth-order valence-electron chi connectivity index (χ4n) is 0.898. The average Bonchev–Trinajstić information content (AvgIpc) is 2.07. The first-order valence-electron chi connectivity index (χ1n) is 3.49. The van der Waals surface area contributed by atoms with Crippen LogP contribution in [-0.4, -0.2) is 0 Å². The Bertz CT molecular complexity index is 230. The summed E-state index contributed by atoms with van der Waals surface area (Å²) < 4.78 is 0. The molecule has 0 aliphatic rings. The number of benzene rings is 1. The normalized spacial score (nSPS) is 13.5. The van der Waals surface area contributed by atoms with Gasteiger partial charge >= 0.3 is 0 Å². The summed E-state index contributed by atoms with van der Waals surface area (Å²) in [5.41, 5.74) is 1.13. The van der Waals surface area contributed by atoms with Gasteiger partial charge in [-0.1, -0.05) is 35.6 Å². The SMILES string of the molecule is CC(N=NN)c1ccccc1. The molecule has 0 spiro atoms. The standard InChI is InChI=1S/C8H11N3/c1-7(10-11-9)8-5-3-2-4-6-8/h2-7H,1H3,(H2,9,10). The van der Waals surface area contributed by atoms with E-state index in [9.17, 15) is 0 Å². The van der Waals surface area contributed by atoms with Crippen molar-refractivity contribution in [3.05, 3.63) is 35.9 Å².